The monoisotopic (exact) mass is 395 g/mol. The Labute approximate surface area is 168 Å². The predicted octanol–water partition coefficient (Wildman–Crippen LogP) is 0.780. The Bertz CT molecular complexity index is 999. The number of nitrogens with one attached hydrogen (secondary N) is 1. The number of fused-ring (bicyclic) bond motifs is 1. The van der Waals surface area contributed by atoms with Gasteiger partial charge in [-0.3, -0.25) is 9.48 Å². The summed E-state index contributed by atoms with van der Waals surface area (Å²) in [5.74, 6) is -0.603. The van der Waals surface area contributed by atoms with Crippen LogP contribution in [0.25, 0.3) is 0 Å². The molecule has 1 saturated heterocycles. The largest absolute Gasteiger partial charge is 0.492 e. The Balaban J connectivity index is 1.66. The number of hydrogen-bond acceptors (Lipinski definition) is 7. The Morgan fingerprint density at radius 1 is 1.52 bits per heavy atom. The van der Waals surface area contributed by atoms with Gasteiger partial charge >= 0.3 is 7.12 Å². The molecule has 1 fully saturated rings. The van der Waals surface area contributed by atoms with Gasteiger partial charge in [0, 0.05) is 18.5 Å². The summed E-state index contributed by atoms with van der Waals surface area (Å²) >= 11 is 0. The van der Waals surface area contributed by atoms with Crippen LogP contribution in [0.2, 0.25) is 0 Å². The highest BCUT2D eigenvalue weighted by Crippen LogP contribution is 2.32. The summed E-state index contributed by atoms with van der Waals surface area (Å²) in [6, 6.07) is 7.45. The quantitative estimate of drug-likeness (QED) is 0.651. The summed E-state index contributed by atoms with van der Waals surface area (Å²) in [4.78, 5) is 12.0. The van der Waals surface area contributed by atoms with E-state index in [2.05, 4.69) is 16.5 Å². The number of carbonyl (C=O) groups is 1. The molecule has 0 bridgehead atoms. The second-order valence-electron chi connectivity index (χ2n) is 7.81. The molecule has 2 aromatic rings. The van der Waals surface area contributed by atoms with Gasteiger partial charge in [0.05, 0.1) is 30.2 Å². The first kappa shape index (κ1) is 19.5. The van der Waals surface area contributed by atoms with Gasteiger partial charge in [0.2, 0.25) is 0 Å². The second kappa shape index (κ2) is 7.19. The normalized spacial score (nSPS) is 22.8. The average Bonchev–Trinajstić information content (AvgIpc) is 3.20. The van der Waals surface area contributed by atoms with Crippen LogP contribution in [-0.4, -0.2) is 41.0 Å². The molecule has 0 saturated carbocycles. The second-order valence-corrected chi connectivity index (χ2v) is 7.81. The molecule has 0 aliphatic carbocycles. The van der Waals surface area contributed by atoms with Gasteiger partial charge in [-0.1, -0.05) is 6.07 Å². The summed E-state index contributed by atoms with van der Waals surface area (Å²) in [6.07, 6.45) is 2.15. The van der Waals surface area contributed by atoms with Crippen LogP contribution in [0.4, 0.5) is 11.5 Å². The number of rotatable bonds is 4. The zero-order valence-corrected chi connectivity index (χ0v) is 16.3. The van der Waals surface area contributed by atoms with Crippen molar-refractivity contribution >= 4 is 30.0 Å². The molecule has 2 aliphatic rings. The number of hydrogen-bond donors (Lipinski definition) is 3. The zero-order valence-electron chi connectivity index (χ0n) is 16.3. The minimum Gasteiger partial charge on any atom is -0.423 e. The van der Waals surface area contributed by atoms with Gasteiger partial charge in [-0.05, 0) is 43.4 Å². The van der Waals surface area contributed by atoms with Crippen molar-refractivity contribution in [3.8, 4) is 6.07 Å². The molecular weight excluding hydrogens is 373 g/mol. The first-order chi connectivity index (χ1) is 13.8. The molecule has 2 unspecified atom stereocenters. The molecule has 4 rings (SSSR count). The maximum atomic E-state index is 12.0. The molecule has 10 heteroatoms. The van der Waals surface area contributed by atoms with E-state index in [1.165, 1.54) is 0 Å². The van der Waals surface area contributed by atoms with Crippen molar-refractivity contribution in [3.05, 3.63) is 35.5 Å². The summed E-state index contributed by atoms with van der Waals surface area (Å²) in [5.41, 5.74) is 7.35. The molecule has 0 radical (unpaired) electrons. The molecular formula is C19H22BN5O4. The molecule has 2 aliphatic heterocycles. The number of benzene rings is 1. The lowest BCUT2D eigenvalue weighted by Crippen LogP contribution is -2.29. The van der Waals surface area contributed by atoms with Crippen LogP contribution < -0.4 is 16.5 Å². The highest BCUT2D eigenvalue weighted by Gasteiger charge is 2.40. The Hall–Kier alpha value is -2.87. The van der Waals surface area contributed by atoms with E-state index in [4.69, 9.17) is 15.1 Å². The van der Waals surface area contributed by atoms with Crippen molar-refractivity contribution in [2.45, 2.75) is 31.9 Å². The number of aromatic nitrogens is 2. The van der Waals surface area contributed by atoms with Crippen molar-refractivity contribution in [1.29, 1.82) is 5.26 Å². The Morgan fingerprint density at radius 3 is 3.03 bits per heavy atom. The number of primary amides is 1. The smallest absolute Gasteiger partial charge is 0.423 e. The number of nitrogens with zero attached hydrogens (tertiary/aromatic N) is 3. The van der Waals surface area contributed by atoms with Crippen LogP contribution in [0.5, 0.6) is 0 Å². The lowest BCUT2D eigenvalue weighted by Gasteiger charge is -2.26. The molecule has 3 heterocycles. The topological polar surface area (TPSA) is 135 Å². The Morgan fingerprint density at radius 2 is 2.31 bits per heavy atom. The fourth-order valence-electron chi connectivity index (χ4n) is 3.90. The van der Waals surface area contributed by atoms with Crippen LogP contribution in [0.3, 0.4) is 0 Å². The molecule has 1 aromatic heterocycles. The van der Waals surface area contributed by atoms with Crippen LogP contribution in [-0.2, 0) is 15.0 Å². The first-order valence-electron chi connectivity index (χ1n) is 9.44. The van der Waals surface area contributed by atoms with Gasteiger partial charge in [-0.15, -0.1) is 0 Å². The van der Waals surface area contributed by atoms with Crippen LogP contribution in [0.1, 0.15) is 42.2 Å². The molecule has 1 amide bonds. The van der Waals surface area contributed by atoms with Gasteiger partial charge in [0.1, 0.15) is 5.56 Å². The third kappa shape index (κ3) is 3.48. The third-order valence-electron chi connectivity index (χ3n) is 5.46. The predicted molar refractivity (Wildman–Crippen MR) is 106 cm³/mol. The molecule has 9 nitrogen and oxygen atoms in total. The van der Waals surface area contributed by atoms with Crippen LogP contribution >= 0.6 is 0 Å². The standard InChI is InChI=1S/C19H22BN5O4/c1-19(2)14-4-3-12(7-15(14)20(27)29-19)23-18-13(17(22)26)9-25(24-18)16-10-28-6-5-11(16)8-21/h3-4,7,9,11,16,27H,5-6,10H2,1-2H3,(H2,22,26)(H,23,24). The van der Waals surface area contributed by atoms with Gasteiger partial charge in [-0.2, -0.15) is 10.4 Å². The lowest BCUT2D eigenvalue weighted by atomic mass is 9.78. The molecule has 2 atom stereocenters. The maximum Gasteiger partial charge on any atom is 0.492 e. The Kier molecular flexibility index (Phi) is 4.82. The SMILES string of the molecule is CC1(C)OB(O)c2cc(Nc3nn(C4COCCC4C#N)cc3C(N)=O)ccc21. The zero-order chi connectivity index (χ0) is 20.8. The van der Waals surface area contributed by atoms with Crippen molar-refractivity contribution in [2.75, 3.05) is 18.5 Å². The summed E-state index contributed by atoms with van der Waals surface area (Å²) < 4.78 is 12.6. The van der Waals surface area contributed by atoms with Crippen molar-refractivity contribution in [2.24, 2.45) is 11.7 Å². The van der Waals surface area contributed by atoms with E-state index in [-0.39, 0.29) is 23.3 Å². The van der Waals surface area contributed by atoms with Crippen molar-refractivity contribution in [1.82, 2.24) is 9.78 Å². The van der Waals surface area contributed by atoms with E-state index in [0.29, 0.717) is 30.8 Å². The first-order valence-corrected chi connectivity index (χ1v) is 9.44. The summed E-state index contributed by atoms with van der Waals surface area (Å²) in [7, 11) is -1.02. The van der Waals surface area contributed by atoms with E-state index in [1.807, 2.05) is 26.0 Å². The number of anilines is 2. The fraction of sp³-hybridized carbons (Fsp3) is 0.421. The minimum atomic E-state index is -1.02. The minimum absolute atomic E-state index is 0.213. The summed E-state index contributed by atoms with van der Waals surface area (Å²) in [6.45, 7) is 4.65. The van der Waals surface area contributed by atoms with E-state index in [9.17, 15) is 15.1 Å². The highest BCUT2D eigenvalue weighted by atomic mass is 16.5. The lowest BCUT2D eigenvalue weighted by molar-refractivity contribution is 0.0342. The van der Waals surface area contributed by atoms with E-state index < -0.39 is 18.6 Å². The van der Waals surface area contributed by atoms with Crippen molar-refractivity contribution in [3.63, 3.8) is 0 Å². The van der Waals surface area contributed by atoms with Crippen molar-refractivity contribution < 1.29 is 19.2 Å². The van der Waals surface area contributed by atoms with Crippen LogP contribution in [0, 0.1) is 17.2 Å². The number of carbonyl (C=O) groups excluding carboxylic acids is 1. The number of nitriles is 1. The van der Waals surface area contributed by atoms with E-state index in [1.54, 1.807) is 16.9 Å². The van der Waals surface area contributed by atoms with Gasteiger partial charge in [-0.25, -0.2) is 0 Å². The third-order valence-corrected chi connectivity index (χ3v) is 5.46. The molecule has 0 spiro atoms. The fourth-order valence-corrected chi connectivity index (χ4v) is 3.90. The molecule has 150 valence electrons. The summed E-state index contributed by atoms with van der Waals surface area (Å²) in [5, 5.41) is 27.2. The number of amides is 1. The van der Waals surface area contributed by atoms with E-state index >= 15 is 0 Å². The average molecular weight is 395 g/mol. The van der Waals surface area contributed by atoms with Crippen LogP contribution in [0.15, 0.2) is 24.4 Å². The van der Waals surface area contributed by atoms with E-state index in [0.717, 1.165) is 5.56 Å². The van der Waals surface area contributed by atoms with Gasteiger partial charge in [0.25, 0.3) is 5.91 Å². The molecule has 1 aromatic carbocycles. The number of ether oxygens (including phenoxy) is 1. The number of nitrogens with two attached hydrogens (primary N) is 1. The van der Waals surface area contributed by atoms with Gasteiger partial charge < -0.3 is 25.5 Å². The molecule has 29 heavy (non-hydrogen) atoms. The maximum absolute atomic E-state index is 12.0. The van der Waals surface area contributed by atoms with Gasteiger partial charge in [0.15, 0.2) is 5.82 Å². The molecule has 4 N–H and O–H groups in total. The highest BCUT2D eigenvalue weighted by molar-refractivity contribution is 6.62.